The van der Waals surface area contributed by atoms with Gasteiger partial charge in [-0.25, -0.2) is 0 Å². The van der Waals surface area contributed by atoms with E-state index in [0.29, 0.717) is 38.3 Å². The zero-order valence-electron chi connectivity index (χ0n) is 10.8. The molecule has 0 aromatic heterocycles. The average Bonchev–Trinajstić information content (AvgIpc) is 2.48. The molecule has 100 valence electrons. The molecule has 19 heavy (non-hydrogen) atoms. The van der Waals surface area contributed by atoms with Crippen molar-refractivity contribution in [3.8, 4) is 12.3 Å². The van der Waals surface area contributed by atoms with Crippen molar-refractivity contribution >= 4 is 11.6 Å². The molecule has 1 fully saturated rings. The van der Waals surface area contributed by atoms with E-state index in [9.17, 15) is 4.79 Å². The molecule has 1 aromatic rings. The number of hydrogen-bond donors (Lipinski definition) is 2. The molecule has 1 amide bonds. The Morgan fingerprint density at radius 2 is 2.21 bits per heavy atom. The van der Waals surface area contributed by atoms with Crippen LogP contribution in [0.15, 0.2) is 24.3 Å². The summed E-state index contributed by atoms with van der Waals surface area (Å²) in [6.07, 6.45) is 6.66. The first-order chi connectivity index (χ1) is 9.20. The van der Waals surface area contributed by atoms with E-state index >= 15 is 0 Å². The number of hydrogen-bond acceptors (Lipinski definition) is 3. The molecule has 4 heteroatoms. The first-order valence-electron chi connectivity index (χ1n) is 6.36. The first-order valence-corrected chi connectivity index (χ1v) is 6.36. The van der Waals surface area contributed by atoms with Gasteiger partial charge in [-0.2, -0.15) is 0 Å². The van der Waals surface area contributed by atoms with Crippen molar-refractivity contribution < 1.29 is 9.53 Å². The minimum absolute atomic E-state index is 0.0486. The predicted octanol–water partition coefficient (Wildman–Crippen LogP) is 1.36. The Balaban J connectivity index is 2.13. The molecule has 1 aliphatic rings. The third-order valence-corrected chi connectivity index (χ3v) is 3.61. The monoisotopic (exact) mass is 258 g/mol. The quantitative estimate of drug-likeness (QED) is 0.805. The van der Waals surface area contributed by atoms with Gasteiger partial charge in [0.2, 0.25) is 5.91 Å². The van der Waals surface area contributed by atoms with Crippen LogP contribution in [0.2, 0.25) is 0 Å². The molecule has 1 aliphatic heterocycles. The fourth-order valence-electron chi connectivity index (χ4n) is 2.24. The van der Waals surface area contributed by atoms with Crippen LogP contribution in [0.5, 0.6) is 0 Å². The topological polar surface area (TPSA) is 64.4 Å². The standard InChI is InChI=1S/C15H18N2O2/c1-2-12-4-3-5-13(10-12)17-14(18)15(11-16)6-8-19-9-7-15/h1,3-5,10H,6-9,11,16H2,(H,17,18). The van der Waals surface area contributed by atoms with E-state index in [0.717, 1.165) is 5.56 Å². The van der Waals surface area contributed by atoms with Gasteiger partial charge in [-0.15, -0.1) is 6.42 Å². The van der Waals surface area contributed by atoms with Gasteiger partial charge in [0.05, 0.1) is 5.41 Å². The lowest BCUT2D eigenvalue weighted by Gasteiger charge is -2.34. The van der Waals surface area contributed by atoms with Gasteiger partial charge in [-0.1, -0.05) is 12.0 Å². The molecule has 1 heterocycles. The summed E-state index contributed by atoms with van der Waals surface area (Å²) in [4.78, 5) is 12.4. The van der Waals surface area contributed by atoms with Gasteiger partial charge in [0.1, 0.15) is 0 Å². The molecule has 0 spiro atoms. The van der Waals surface area contributed by atoms with Gasteiger partial charge in [0.15, 0.2) is 0 Å². The fraction of sp³-hybridized carbons (Fsp3) is 0.400. The Labute approximate surface area is 113 Å². The number of amides is 1. The summed E-state index contributed by atoms with van der Waals surface area (Å²) in [5.74, 6) is 2.50. The molecule has 0 atom stereocenters. The molecule has 4 nitrogen and oxygen atoms in total. The number of nitrogens with two attached hydrogens (primary N) is 1. The molecule has 0 aliphatic carbocycles. The van der Waals surface area contributed by atoms with Crippen molar-refractivity contribution in [2.45, 2.75) is 12.8 Å². The zero-order valence-corrected chi connectivity index (χ0v) is 10.8. The maximum Gasteiger partial charge on any atom is 0.232 e. The molecule has 1 saturated heterocycles. The summed E-state index contributed by atoms with van der Waals surface area (Å²) in [7, 11) is 0. The number of rotatable bonds is 3. The van der Waals surface area contributed by atoms with Gasteiger partial charge in [0.25, 0.3) is 0 Å². The number of benzene rings is 1. The normalized spacial score (nSPS) is 17.5. The van der Waals surface area contributed by atoms with Crippen LogP contribution in [0.4, 0.5) is 5.69 Å². The number of ether oxygens (including phenoxy) is 1. The largest absolute Gasteiger partial charge is 0.381 e. The maximum atomic E-state index is 12.4. The van der Waals surface area contributed by atoms with E-state index < -0.39 is 5.41 Å². The molecule has 1 aromatic carbocycles. The zero-order chi connectivity index (χ0) is 13.7. The van der Waals surface area contributed by atoms with Crippen LogP contribution in [-0.2, 0) is 9.53 Å². The smallest absolute Gasteiger partial charge is 0.232 e. The predicted molar refractivity (Wildman–Crippen MR) is 74.5 cm³/mol. The first kappa shape index (κ1) is 13.6. The highest BCUT2D eigenvalue weighted by Gasteiger charge is 2.38. The minimum atomic E-state index is -0.523. The van der Waals surface area contributed by atoms with Crippen LogP contribution in [0.3, 0.4) is 0 Å². The van der Waals surface area contributed by atoms with Gasteiger partial charge in [-0.3, -0.25) is 4.79 Å². The Kier molecular flexibility index (Phi) is 4.20. The summed E-state index contributed by atoms with van der Waals surface area (Å²) in [5.41, 5.74) is 6.73. The number of anilines is 1. The number of nitrogens with one attached hydrogen (secondary N) is 1. The van der Waals surface area contributed by atoms with Crippen LogP contribution < -0.4 is 11.1 Å². The lowest BCUT2D eigenvalue weighted by atomic mass is 9.79. The minimum Gasteiger partial charge on any atom is -0.381 e. The lowest BCUT2D eigenvalue weighted by molar-refractivity contribution is -0.130. The second-order valence-corrected chi connectivity index (χ2v) is 4.78. The van der Waals surface area contributed by atoms with Crippen molar-refractivity contribution in [3.05, 3.63) is 29.8 Å². The molecule has 0 radical (unpaired) electrons. The third kappa shape index (κ3) is 2.95. The van der Waals surface area contributed by atoms with Crippen molar-refractivity contribution in [3.63, 3.8) is 0 Å². The summed E-state index contributed by atoms with van der Waals surface area (Å²) in [6, 6.07) is 7.25. The average molecular weight is 258 g/mol. The summed E-state index contributed by atoms with van der Waals surface area (Å²) in [5, 5.41) is 2.91. The molecule has 2 rings (SSSR count). The Hall–Kier alpha value is -1.83. The number of carbonyl (C=O) groups excluding carboxylic acids is 1. The molecule has 0 bridgehead atoms. The highest BCUT2D eigenvalue weighted by Crippen LogP contribution is 2.30. The van der Waals surface area contributed by atoms with Gasteiger partial charge in [0, 0.05) is 31.0 Å². The van der Waals surface area contributed by atoms with Crippen molar-refractivity contribution in [2.24, 2.45) is 11.1 Å². The van der Waals surface area contributed by atoms with Crippen LogP contribution >= 0.6 is 0 Å². The highest BCUT2D eigenvalue weighted by atomic mass is 16.5. The number of terminal acetylenes is 1. The van der Waals surface area contributed by atoms with Crippen LogP contribution in [0.1, 0.15) is 18.4 Å². The Bertz CT molecular complexity index is 499. The highest BCUT2D eigenvalue weighted by molar-refractivity contribution is 5.95. The molecular formula is C15H18N2O2. The summed E-state index contributed by atoms with van der Waals surface area (Å²) in [6.45, 7) is 1.49. The summed E-state index contributed by atoms with van der Waals surface area (Å²) >= 11 is 0. The van der Waals surface area contributed by atoms with Gasteiger partial charge in [-0.05, 0) is 31.0 Å². The van der Waals surface area contributed by atoms with Gasteiger partial charge >= 0.3 is 0 Å². The molecular weight excluding hydrogens is 240 g/mol. The fourth-order valence-corrected chi connectivity index (χ4v) is 2.24. The third-order valence-electron chi connectivity index (χ3n) is 3.61. The molecule has 3 N–H and O–H groups in total. The van der Waals surface area contributed by atoms with E-state index in [1.807, 2.05) is 18.2 Å². The van der Waals surface area contributed by atoms with E-state index in [1.165, 1.54) is 0 Å². The van der Waals surface area contributed by atoms with Crippen LogP contribution in [-0.4, -0.2) is 25.7 Å². The Morgan fingerprint density at radius 3 is 2.84 bits per heavy atom. The lowest BCUT2D eigenvalue weighted by Crippen LogP contribution is -2.46. The second kappa shape index (κ2) is 5.87. The molecule has 0 saturated carbocycles. The second-order valence-electron chi connectivity index (χ2n) is 4.78. The van der Waals surface area contributed by atoms with Crippen molar-refractivity contribution in [1.29, 1.82) is 0 Å². The number of carbonyl (C=O) groups is 1. The summed E-state index contributed by atoms with van der Waals surface area (Å²) < 4.78 is 5.30. The van der Waals surface area contributed by atoms with E-state index in [-0.39, 0.29) is 5.91 Å². The van der Waals surface area contributed by atoms with E-state index in [2.05, 4.69) is 11.2 Å². The van der Waals surface area contributed by atoms with Crippen molar-refractivity contribution in [2.75, 3.05) is 25.1 Å². The van der Waals surface area contributed by atoms with E-state index in [1.54, 1.807) is 6.07 Å². The Morgan fingerprint density at radius 1 is 1.47 bits per heavy atom. The molecule has 0 unspecified atom stereocenters. The van der Waals surface area contributed by atoms with Crippen LogP contribution in [0, 0.1) is 17.8 Å². The van der Waals surface area contributed by atoms with E-state index in [4.69, 9.17) is 16.9 Å². The van der Waals surface area contributed by atoms with Gasteiger partial charge < -0.3 is 15.8 Å². The SMILES string of the molecule is C#Cc1cccc(NC(=O)C2(CN)CCOCC2)c1. The maximum absolute atomic E-state index is 12.4. The van der Waals surface area contributed by atoms with Crippen LogP contribution in [0.25, 0.3) is 0 Å². The van der Waals surface area contributed by atoms with Crippen molar-refractivity contribution in [1.82, 2.24) is 0 Å².